The maximum atomic E-state index is 12.9. The molecule has 118 valence electrons. The number of hydrogen-bond acceptors (Lipinski definition) is 2. The van der Waals surface area contributed by atoms with Crippen LogP contribution < -0.4 is 11.1 Å². The van der Waals surface area contributed by atoms with Gasteiger partial charge in [0.2, 0.25) is 5.91 Å². The van der Waals surface area contributed by atoms with Gasteiger partial charge in [0.15, 0.2) is 0 Å². The molecule has 21 heavy (non-hydrogen) atoms. The number of amides is 1. The smallest absolute Gasteiger partial charge is 0.223 e. The normalized spacial score (nSPS) is 48.3. The summed E-state index contributed by atoms with van der Waals surface area (Å²) in [6.07, 6.45) is 12.7. The molecule has 0 saturated heterocycles. The van der Waals surface area contributed by atoms with Crippen LogP contribution in [0, 0.1) is 29.6 Å². The van der Waals surface area contributed by atoms with Gasteiger partial charge in [-0.15, -0.1) is 0 Å². The van der Waals surface area contributed by atoms with E-state index in [0.29, 0.717) is 18.4 Å². The molecule has 3 heteroatoms. The van der Waals surface area contributed by atoms with E-state index in [0.717, 1.165) is 30.6 Å². The summed E-state index contributed by atoms with van der Waals surface area (Å²) in [4.78, 5) is 12.9. The van der Waals surface area contributed by atoms with Crippen molar-refractivity contribution in [2.75, 3.05) is 6.54 Å². The summed E-state index contributed by atoms with van der Waals surface area (Å²) < 4.78 is 0. The Bertz CT molecular complexity index is 384. The highest BCUT2D eigenvalue weighted by molar-refractivity contribution is 5.80. The number of nitrogens with two attached hydrogens (primary N) is 1. The minimum atomic E-state index is 0.169. The van der Waals surface area contributed by atoms with Crippen molar-refractivity contribution in [3.8, 4) is 0 Å². The van der Waals surface area contributed by atoms with Crippen LogP contribution >= 0.6 is 0 Å². The zero-order valence-electron chi connectivity index (χ0n) is 13.2. The molecule has 2 atom stereocenters. The van der Waals surface area contributed by atoms with Gasteiger partial charge in [-0.25, -0.2) is 0 Å². The Balaban J connectivity index is 1.46. The standard InChI is InChI=1S/C18H30N2O/c19-11-15-3-1-2-4-16(15)17(21)20-18-8-12-5-13(9-18)7-14(6-12)10-18/h12-16H,1-11,19H2,(H,20,21). The van der Waals surface area contributed by atoms with Gasteiger partial charge in [0, 0.05) is 11.5 Å². The van der Waals surface area contributed by atoms with Crippen molar-refractivity contribution in [3.63, 3.8) is 0 Å². The lowest BCUT2D eigenvalue weighted by molar-refractivity contribution is -0.133. The highest BCUT2D eigenvalue weighted by Crippen LogP contribution is 2.55. The average molecular weight is 290 g/mol. The molecule has 0 heterocycles. The molecule has 3 nitrogen and oxygen atoms in total. The van der Waals surface area contributed by atoms with Crippen molar-refractivity contribution < 1.29 is 4.79 Å². The molecule has 5 saturated carbocycles. The molecule has 3 N–H and O–H groups in total. The second kappa shape index (κ2) is 5.26. The highest BCUT2D eigenvalue weighted by atomic mass is 16.2. The van der Waals surface area contributed by atoms with Crippen molar-refractivity contribution in [1.29, 1.82) is 0 Å². The first-order valence-electron chi connectivity index (χ1n) is 9.19. The van der Waals surface area contributed by atoms with Gasteiger partial charge >= 0.3 is 0 Å². The van der Waals surface area contributed by atoms with Gasteiger partial charge in [0.1, 0.15) is 0 Å². The summed E-state index contributed by atoms with van der Waals surface area (Å²) >= 11 is 0. The monoisotopic (exact) mass is 290 g/mol. The van der Waals surface area contributed by atoms with E-state index < -0.39 is 0 Å². The van der Waals surface area contributed by atoms with Gasteiger partial charge in [-0.3, -0.25) is 4.79 Å². The van der Waals surface area contributed by atoms with Crippen LogP contribution in [0.5, 0.6) is 0 Å². The van der Waals surface area contributed by atoms with Gasteiger partial charge in [0.05, 0.1) is 0 Å². The summed E-state index contributed by atoms with van der Waals surface area (Å²) in [5, 5.41) is 3.56. The molecule has 5 fully saturated rings. The first-order valence-corrected chi connectivity index (χ1v) is 9.19. The number of carbonyl (C=O) groups excluding carboxylic acids is 1. The van der Waals surface area contributed by atoms with Crippen LogP contribution in [0.2, 0.25) is 0 Å². The van der Waals surface area contributed by atoms with Crippen LogP contribution in [0.15, 0.2) is 0 Å². The summed E-state index contributed by atoms with van der Waals surface area (Å²) in [6, 6.07) is 0. The largest absolute Gasteiger partial charge is 0.350 e. The molecule has 5 aliphatic rings. The Hall–Kier alpha value is -0.570. The second-order valence-corrected chi connectivity index (χ2v) is 8.57. The minimum Gasteiger partial charge on any atom is -0.350 e. The van der Waals surface area contributed by atoms with Gasteiger partial charge in [-0.1, -0.05) is 12.8 Å². The lowest BCUT2D eigenvalue weighted by atomic mass is 9.53. The Labute approximate surface area is 128 Å². The summed E-state index contributed by atoms with van der Waals surface area (Å²) in [6.45, 7) is 0.680. The van der Waals surface area contributed by atoms with Crippen molar-refractivity contribution in [2.45, 2.75) is 69.7 Å². The predicted molar refractivity (Wildman–Crippen MR) is 83.5 cm³/mol. The Kier molecular flexibility index (Phi) is 3.52. The molecule has 5 rings (SSSR count). The van der Waals surface area contributed by atoms with Crippen molar-refractivity contribution in [3.05, 3.63) is 0 Å². The van der Waals surface area contributed by atoms with Crippen LogP contribution in [0.4, 0.5) is 0 Å². The van der Waals surface area contributed by atoms with E-state index in [4.69, 9.17) is 5.73 Å². The fraction of sp³-hybridized carbons (Fsp3) is 0.944. The summed E-state index contributed by atoms with van der Waals surface area (Å²) in [5.41, 5.74) is 6.08. The lowest BCUT2D eigenvalue weighted by Gasteiger charge is -2.57. The molecule has 5 aliphatic carbocycles. The average Bonchev–Trinajstić information content (AvgIpc) is 2.45. The Morgan fingerprint density at radius 1 is 1.00 bits per heavy atom. The van der Waals surface area contributed by atoms with Gasteiger partial charge in [-0.2, -0.15) is 0 Å². The molecule has 1 amide bonds. The van der Waals surface area contributed by atoms with Crippen LogP contribution in [-0.2, 0) is 4.79 Å². The van der Waals surface area contributed by atoms with Gasteiger partial charge in [-0.05, 0) is 81.6 Å². The molecule has 4 bridgehead atoms. The SMILES string of the molecule is NCC1CCCCC1C(=O)NC12CC3CC(CC(C3)C1)C2. The van der Waals surface area contributed by atoms with Crippen LogP contribution in [0.25, 0.3) is 0 Å². The lowest BCUT2D eigenvalue weighted by Crippen LogP contribution is -2.61. The Morgan fingerprint density at radius 2 is 1.57 bits per heavy atom. The number of carbonyl (C=O) groups is 1. The third-order valence-electron chi connectivity index (χ3n) is 6.98. The fourth-order valence-corrected chi connectivity index (χ4v) is 6.45. The van der Waals surface area contributed by atoms with Crippen LogP contribution in [-0.4, -0.2) is 18.0 Å². The third-order valence-corrected chi connectivity index (χ3v) is 6.98. The van der Waals surface area contributed by atoms with E-state index in [1.807, 2.05) is 0 Å². The van der Waals surface area contributed by atoms with Crippen LogP contribution in [0.3, 0.4) is 0 Å². The number of hydrogen-bond donors (Lipinski definition) is 2. The molecular formula is C18H30N2O. The van der Waals surface area contributed by atoms with E-state index in [-0.39, 0.29) is 11.5 Å². The first kappa shape index (κ1) is 14.0. The summed E-state index contributed by atoms with van der Waals surface area (Å²) in [7, 11) is 0. The molecule has 0 radical (unpaired) electrons. The molecule has 0 aliphatic heterocycles. The van der Waals surface area contributed by atoms with Gasteiger partial charge < -0.3 is 11.1 Å². The van der Waals surface area contributed by atoms with E-state index in [1.54, 1.807) is 0 Å². The van der Waals surface area contributed by atoms with E-state index >= 15 is 0 Å². The first-order chi connectivity index (χ1) is 10.2. The van der Waals surface area contributed by atoms with Crippen molar-refractivity contribution in [1.82, 2.24) is 5.32 Å². The van der Waals surface area contributed by atoms with Crippen LogP contribution in [0.1, 0.15) is 64.2 Å². The predicted octanol–water partition coefficient (Wildman–Crippen LogP) is 2.84. The molecular weight excluding hydrogens is 260 g/mol. The Morgan fingerprint density at radius 3 is 2.14 bits per heavy atom. The van der Waals surface area contributed by atoms with Crippen molar-refractivity contribution in [2.24, 2.45) is 35.3 Å². The quantitative estimate of drug-likeness (QED) is 0.840. The fourth-order valence-electron chi connectivity index (χ4n) is 6.45. The summed E-state index contributed by atoms with van der Waals surface area (Å²) in [5.74, 6) is 3.64. The number of rotatable bonds is 3. The zero-order chi connectivity index (χ0) is 14.4. The second-order valence-electron chi connectivity index (χ2n) is 8.57. The van der Waals surface area contributed by atoms with E-state index in [2.05, 4.69) is 5.32 Å². The molecule has 0 aromatic rings. The molecule has 2 unspecified atom stereocenters. The van der Waals surface area contributed by atoms with Gasteiger partial charge in [0.25, 0.3) is 0 Å². The zero-order valence-corrected chi connectivity index (χ0v) is 13.2. The van der Waals surface area contributed by atoms with E-state index in [1.165, 1.54) is 51.4 Å². The number of nitrogens with one attached hydrogen (secondary N) is 1. The maximum Gasteiger partial charge on any atom is 0.223 e. The molecule has 0 aromatic carbocycles. The molecule has 0 spiro atoms. The molecule has 0 aromatic heterocycles. The van der Waals surface area contributed by atoms with Crippen molar-refractivity contribution >= 4 is 5.91 Å². The topological polar surface area (TPSA) is 55.1 Å². The maximum absolute atomic E-state index is 12.9. The van der Waals surface area contributed by atoms with E-state index in [9.17, 15) is 4.79 Å². The minimum absolute atomic E-state index is 0.169. The highest BCUT2D eigenvalue weighted by Gasteiger charge is 2.52. The third kappa shape index (κ3) is 2.52.